The molecule has 0 saturated carbocycles. The maximum atomic E-state index is 10.7. The van der Waals surface area contributed by atoms with E-state index in [-0.39, 0.29) is 12.6 Å². The van der Waals surface area contributed by atoms with Gasteiger partial charge in [-0.15, -0.1) is 5.10 Å². The molecule has 0 atom stereocenters. The third-order valence-electron chi connectivity index (χ3n) is 2.45. The average molecular weight is 277 g/mol. The molecule has 106 valence electrons. The SMILES string of the molecule is CC(C)Oc1ccc(-c2nnnn2CC(=O)O)cc1N. The van der Waals surface area contributed by atoms with Gasteiger partial charge in [0.25, 0.3) is 0 Å². The maximum absolute atomic E-state index is 10.7. The van der Waals surface area contributed by atoms with E-state index in [1.54, 1.807) is 18.2 Å². The van der Waals surface area contributed by atoms with Crippen molar-refractivity contribution in [2.75, 3.05) is 5.73 Å². The van der Waals surface area contributed by atoms with Crippen LogP contribution in [0, 0.1) is 0 Å². The predicted molar refractivity (Wildman–Crippen MR) is 71.1 cm³/mol. The number of aromatic nitrogens is 4. The first kappa shape index (κ1) is 13.8. The maximum Gasteiger partial charge on any atom is 0.325 e. The van der Waals surface area contributed by atoms with Crippen LogP contribution < -0.4 is 10.5 Å². The van der Waals surface area contributed by atoms with Gasteiger partial charge in [-0.25, -0.2) is 4.68 Å². The zero-order valence-corrected chi connectivity index (χ0v) is 11.1. The minimum Gasteiger partial charge on any atom is -0.489 e. The highest BCUT2D eigenvalue weighted by Crippen LogP contribution is 2.27. The number of rotatable bonds is 5. The Balaban J connectivity index is 2.32. The Morgan fingerprint density at radius 3 is 2.85 bits per heavy atom. The number of carbonyl (C=O) groups is 1. The summed E-state index contributed by atoms with van der Waals surface area (Å²) in [4.78, 5) is 10.7. The lowest BCUT2D eigenvalue weighted by Gasteiger charge is -2.12. The van der Waals surface area contributed by atoms with E-state index in [9.17, 15) is 4.79 Å². The van der Waals surface area contributed by atoms with Crippen molar-refractivity contribution < 1.29 is 14.6 Å². The molecular formula is C12H15N5O3. The van der Waals surface area contributed by atoms with Crippen molar-refractivity contribution in [2.45, 2.75) is 26.5 Å². The predicted octanol–water partition coefficient (Wildman–Crippen LogP) is 0.794. The van der Waals surface area contributed by atoms with Crippen LogP contribution in [0.4, 0.5) is 5.69 Å². The zero-order valence-electron chi connectivity index (χ0n) is 11.1. The molecule has 0 radical (unpaired) electrons. The topological polar surface area (TPSA) is 116 Å². The first-order valence-corrected chi connectivity index (χ1v) is 6.02. The summed E-state index contributed by atoms with van der Waals surface area (Å²) in [5, 5.41) is 19.7. The standard InChI is InChI=1S/C12H15N5O3/c1-7(2)20-10-4-3-8(5-9(10)13)12-14-15-16-17(12)6-11(18)19/h3-5,7H,6,13H2,1-2H3,(H,18,19). The monoisotopic (exact) mass is 277 g/mol. The van der Waals surface area contributed by atoms with Gasteiger partial charge < -0.3 is 15.6 Å². The van der Waals surface area contributed by atoms with E-state index in [1.807, 2.05) is 13.8 Å². The molecular weight excluding hydrogens is 262 g/mol. The number of hydrogen-bond acceptors (Lipinski definition) is 6. The Morgan fingerprint density at radius 2 is 2.25 bits per heavy atom. The molecule has 1 aromatic carbocycles. The van der Waals surface area contributed by atoms with E-state index in [1.165, 1.54) is 4.68 Å². The summed E-state index contributed by atoms with van der Waals surface area (Å²) in [5.74, 6) is -0.109. The molecule has 0 unspecified atom stereocenters. The average Bonchev–Trinajstić information content (AvgIpc) is 2.78. The molecule has 0 saturated heterocycles. The van der Waals surface area contributed by atoms with Crippen LogP contribution in [0.15, 0.2) is 18.2 Å². The number of carboxylic acids is 1. The minimum absolute atomic E-state index is 0.0143. The van der Waals surface area contributed by atoms with Crippen molar-refractivity contribution in [3.05, 3.63) is 18.2 Å². The summed E-state index contributed by atoms with van der Waals surface area (Å²) in [6, 6.07) is 5.10. The normalized spacial score (nSPS) is 10.8. The number of nitrogen functional groups attached to an aromatic ring is 1. The number of nitrogens with two attached hydrogens (primary N) is 1. The Labute approximate surface area is 115 Å². The second kappa shape index (κ2) is 5.55. The third-order valence-corrected chi connectivity index (χ3v) is 2.45. The molecule has 8 nitrogen and oxygen atoms in total. The molecule has 2 aromatic rings. The van der Waals surface area contributed by atoms with Gasteiger partial charge in [0, 0.05) is 5.56 Å². The first-order valence-electron chi connectivity index (χ1n) is 6.02. The highest BCUT2D eigenvalue weighted by atomic mass is 16.5. The molecule has 0 spiro atoms. The van der Waals surface area contributed by atoms with Gasteiger partial charge in [-0.3, -0.25) is 4.79 Å². The van der Waals surface area contributed by atoms with Gasteiger partial charge in [0.1, 0.15) is 12.3 Å². The van der Waals surface area contributed by atoms with Crippen LogP contribution in [0.2, 0.25) is 0 Å². The molecule has 3 N–H and O–H groups in total. The van der Waals surface area contributed by atoms with Crippen LogP contribution in [0.1, 0.15) is 13.8 Å². The number of hydrogen-bond donors (Lipinski definition) is 2. The van der Waals surface area contributed by atoms with Crippen LogP contribution in [0.3, 0.4) is 0 Å². The van der Waals surface area contributed by atoms with Gasteiger partial charge in [0.05, 0.1) is 11.8 Å². The molecule has 0 amide bonds. The first-order chi connectivity index (χ1) is 9.47. The van der Waals surface area contributed by atoms with Gasteiger partial charge >= 0.3 is 5.97 Å². The van der Waals surface area contributed by atoms with Gasteiger partial charge in [-0.1, -0.05) is 0 Å². The van der Waals surface area contributed by atoms with Gasteiger partial charge in [0.2, 0.25) is 0 Å². The minimum atomic E-state index is -1.02. The molecule has 1 aromatic heterocycles. The molecule has 0 bridgehead atoms. The summed E-state index contributed by atoms with van der Waals surface area (Å²) in [7, 11) is 0. The fourth-order valence-corrected chi connectivity index (χ4v) is 1.69. The van der Waals surface area contributed by atoms with E-state index in [0.717, 1.165) is 0 Å². The molecule has 0 aliphatic rings. The van der Waals surface area contributed by atoms with Crippen LogP contribution in [-0.2, 0) is 11.3 Å². The summed E-state index contributed by atoms with van der Waals surface area (Å²) >= 11 is 0. The number of aliphatic carboxylic acids is 1. The molecule has 8 heteroatoms. The van der Waals surface area contributed by atoms with E-state index in [0.29, 0.717) is 22.8 Å². The number of carboxylic acid groups (broad SMARTS) is 1. The van der Waals surface area contributed by atoms with E-state index < -0.39 is 5.97 Å². The summed E-state index contributed by atoms with van der Waals surface area (Å²) in [5.41, 5.74) is 6.98. The van der Waals surface area contributed by atoms with Gasteiger partial charge in [0.15, 0.2) is 5.82 Å². The number of tetrazole rings is 1. The second-order valence-corrected chi connectivity index (χ2v) is 4.47. The molecule has 2 rings (SSSR count). The Morgan fingerprint density at radius 1 is 1.50 bits per heavy atom. The highest BCUT2D eigenvalue weighted by Gasteiger charge is 2.13. The molecule has 0 aliphatic carbocycles. The van der Waals surface area contributed by atoms with E-state index in [2.05, 4.69) is 15.5 Å². The Kier molecular flexibility index (Phi) is 3.83. The fraction of sp³-hybridized carbons (Fsp3) is 0.333. The Hall–Kier alpha value is -2.64. The summed E-state index contributed by atoms with van der Waals surface area (Å²) < 4.78 is 6.73. The van der Waals surface area contributed by atoms with Crippen LogP contribution in [-0.4, -0.2) is 37.4 Å². The third kappa shape index (κ3) is 3.02. The summed E-state index contributed by atoms with van der Waals surface area (Å²) in [6.07, 6.45) is 0.0143. The van der Waals surface area contributed by atoms with Gasteiger partial charge in [-0.05, 0) is 42.5 Å². The number of anilines is 1. The number of benzene rings is 1. The van der Waals surface area contributed by atoms with E-state index >= 15 is 0 Å². The lowest BCUT2D eigenvalue weighted by atomic mass is 10.1. The fourth-order valence-electron chi connectivity index (χ4n) is 1.69. The number of nitrogens with zero attached hydrogens (tertiary/aromatic N) is 4. The quantitative estimate of drug-likeness (QED) is 0.776. The van der Waals surface area contributed by atoms with Gasteiger partial charge in [-0.2, -0.15) is 0 Å². The van der Waals surface area contributed by atoms with E-state index in [4.69, 9.17) is 15.6 Å². The lowest BCUT2D eigenvalue weighted by molar-refractivity contribution is -0.137. The molecule has 0 fully saturated rings. The van der Waals surface area contributed by atoms with Crippen molar-refractivity contribution in [2.24, 2.45) is 0 Å². The van der Waals surface area contributed by atoms with Crippen LogP contribution in [0.5, 0.6) is 5.75 Å². The smallest absolute Gasteiger partial charge is 0.325 e. The second-order valence-electron chi connectivity index (χ2n) is 4.47. The van der Waals surface area contributed by atoms with Crippen molar-refractivity contribution >= 4 is 11.7 Å². The highest BCUT2D eigenvalue weighted by molar-refractivity contribution is 5.69. The summed E-state index contributed by atoms with van der Waals surface area (Å²) in [6.45, 7) is 3.49. The molecule has 0 aliphatic heterocycles. The van der Waals surface area contributed by atoms with Crippen molar-refractivity contribution in [1.82, 2.24) is 20.2 Å². The largest absolute Gasteiger partial charge is 0.489 e. The zero-order chi connectivity index (χ0) is 14.7. The molecule has 1 heterocycles. The van der Waals surface area contributed by atoms with Crippen LogP contribution >= 0.6 is 0 Å². The van der Waals surface area contributed by atoms with Crippen molar-refractivity contribution in [1.29, 1.82) is 0 Å². The Bertz CT molecular complexity index is 623. The van der Waals surface area contributed by atoms with Crippen LogP contribution in [0.25, 0.3) is 11.4 Å². The molecule has 20 heavy (non-hydrogen) atoms. The van der Waals surface area contributed by atoms with Crippen molar-refractivity contribution in [3.63, 3.8) is 0 Å². The lowest BCUT2D eigenvalue weighted by Crippen LogP contribution is -2.12. The van der Waals surface area contributed by atoms with Crippen molar-refractivity contribution in [3.8, 4) is 17.1 Å². The number of ether oxygens (including phenoxy) is 1.